The van der Waals surface area contributed by atoms with E-state index in [4.69, 9.17) is 10.5 Å². The Balaban J connectivity index is 2.53. The summed E-state index contributed by atoms with van der Waals surface area (Å²) >= 11 is 0. The van der Waals surface area contributed by atoms with Crippen molar-refractivity contribution in [2.45, 2.75) is 19.8 Å². The van der Waals surface area contributed by atoms with Crippen LogP contribution in [0.25, 0.3) is 0 Å². The van der Waals surface area contributed by atoms with E-state index in [1.807, 2.05) is 18.2 Å². The molecular formula is C13H19NO. The standard InChI is InChI=1S/C13H19NO/c1-3-11(2)10-15-13-6-4-5-12(9-13)7-8-14/h4-6,9H,2-3,7-8,10,14H2,1H3. The van der Waals surface area contributed by atoms with Gasteiger partial charge in [0.2, 0.25) is 0 Å². The molecule has 1 rings (SSSR count). The van der Waals surface area contributed by atoms with Crippen molar-refractivity contribution in [1.29, 1.82) is 0 Å². The van der Waals surface area contributed by atoms with Crippen molar-refractivity contribution in [2.24, 2.45) is 5.73 Å². The minimum Gasteiger partial charge on any atom is -0.489 e. The van der Waals surface area contributed by atoms with Crippen LogP contribution in [0.15, 0.2) is 36.4 Å². The van der Waals surface area contributed by atoms with Gasteiger partial charge in [0.1, 0.15) is 12.4 Å². The Kier molecular flexibility index (Phi) is 4.91. The van der Waals surface area contributed by atoms with Gasteiger partial charge in [0.25, 0.3) is 0 Å². The SMILES string of the molecule is C=C(CC)COc1cccc(CCN)c1. The number of rotatable bonds is 6. The summed E-state index contributed by atoms with van der Waals surface area (Å²) < 4.78 is 5.61. The lowest BCUT2D eigenvalue weighted by Gasteiger charge is -2.08. The Hall–Kier alpha value is -1.28. The number of ether oxygens (including phenoxy) is 1. The molecule has 0 fully saturated rings. The molecule has 0 spiro atoms. The molecular weight excluding hydrogens is 186 g/mol. The third-order valence-corrected chi connectivity index (χ3v) is 2.27. The number of benzene rings is 1. The Labute approximate surface area is 91.7 Å². The van der Waals surface area contributed by atoms with Crippen LogP contribution in [0.1, 0.15) is 18.9 Å². The first-order valence-corrected chi connectivity index (χ1v) is 5.34. The van der Waals surface area contributed by atoms with Crippen LogP contribution in [-0.2, 0) is 6.42 Å². The first kappa shape index (κ1) is 11.8. The molecule has 82 valence electrons. The van der Waals surface area contributed by atoms with Crippen LogP contribution in [0.4, 0.5) is 0 Å². The monoisotopic (exact) mass is 205 g/mol. The first-order chi connectivity index (χ1) is 7.26. The Morgan fingerprint density at radius 2 is 2.27 bits per heavy atom. The summed E-state index contributed by atoms with van der Waals surface area (Å²) in [6, 6.07) is 8.06. The second-order valence-corrected chi connectivity index (χ2v) is 3.58. The zero-order chi connectivity index (χ0) is 11.1. The second kappa shape index (κ2) is 6.25. The van der Waals surface area contributed by atoms with Gasteiger partial charge < -0.3 is 10.5 Å². The van der Waals surface area contributed by atoms with E-state index in [0.717, 1.165) is 24.2 Å². The Morgan fingerprint density at radius 3 is 2.93 bits per heavy atom. The van der Waals surface area contributed by atoms with Crippen LogP contribution in [0.2, 0.25) is 0 Å². The highest BCUT2D eigenvalue weighted by Crippen LogP contribution is 2.14. The largest absolute Gasteiger partial charge is 0.489 e. The van der Waals surface area contributed by atoms with Crippen molar-refractivity contribution in [3.8, 4) is 5.75 Å². The van der Waals surface area contributed by atoms with Gasteiger partial charge in [0.05, 0.1) is 0 Å². The van der Waals surface area contributed by atoms with Gasteiger partial charge in [-0.1, -0.05) is 25.6 Å². The van der Waals surface area contributed by atoms with Crippen molar-refractivity contribution in [3.05, 3.63) is 42.0 Å². The van der Waals surface area contributed by atoms with Crippen molar-refractivity contribution < 1.29 is 4.74 Å². The van der Waals surface area contributed by atoms with Gasteiger partial charge in [-0.15, -0.1) is 0 Å². The molecule has 0 atom stereocenters. The normalized spacial score (nSPS) is 10.0. The molecule has 0 unspecified atom stereocenters. The second-order valence-electron chi connectivity index (χ2n) is 3.58. The van der Waals surface area contributed by atoms with Crippen LogP contribution < -0.4 is 10.5 Å². The summed E-state index contributed by atoms with van der Waals surface area (Å²) in [5.74, 6) is 0.899. The van der Waals surface area contributed by atoms with Crippen LogP contribution in [0.5, 0.6) is 5.75 Å². The number of hydrogen-bond acceptors (Lipinski definition) is 2. The summed E-state index contributed by atoms with van der Waals surface area (Å²) in [4.78, 5) is 0. The van der Waals surface area contributed by atoms with E-state index in [9.17, 15) is 0 Å². The van der Waals surface area contributed by atoms with E-state index < -0.39 is 0 Å². The highest BCUT2D eigenvalue weighted by molar-refractivity contribution is 5.29. The fourth-order valence-corrected chi connectivity index (χ4v) is 1.24. The molecule has 0 aliphatic rings. The number of nitrogens with two attached hydrogens (primary N) is 1. The van der Waals surface area contributed by atoms with E-state index in [-0.39, 0.29) is 0 Å². The van der Waals surface area contributed by atoms with Gasteiger partial charge in [-0.3, -0.25) is 0 Å². The molecule has 0 saturated carbocycles. The van der Waals surface area contributed by atoms with E-state index in [2.05, 4.69) is 19.6 Å². The molecule has 0 aliphatic carbocycles. The van der Waals surface area contributed by atoms with E-state index in [1.165, 1.54) is 5.56 Å². The molecule has 0 bridgehead atoms. The van der Waals surface area contributed by atoms with E-state index in [1.54, 1.807) is 0 Å². The van der Waals surface area contributed by atoms with Gasteiger partial charge in [-0.2, -0.15) is 0 Å². The minimum atomic E-state index is 0.600. The molecule has 2 nitrogen and oxygen atoms in total. The van der Waals surface area contributed by atoms with Gasteiger partial charge in [-0.25, -0.2) is 0 Å². The summed E-state index contributed by atoms with van der Waals surface area (Å²) in [5, 5.41) is 0. The average molecular weight is 205 g/mol. The highest BCUT2D eigenvalue weighted by atomic mass is 16.5. The predicted molar refractivity (Wildman–Crippen MR) is 64.1 cm³/mol. The van der Waals surface area contributed by atoms with Gasteiger partial charge in [0, 0.05) is 0 Å². The molecule has 0 amide bonds. The summed E-state index contributed by atoms with van der Waals surface area (Å²) in [6.07, 6.45) is 1.86. The maximum Gasteiger partial charge on any atom is 0.120 e. The fourth-order valence-electron chi connectivity index (χ4n) is 1.24. The smallest absolute Gasteiger partial charge is 0.120 e. The topological polar surface area (TPSA) is 35.2 Å². The minimum absolute atomic E-state index is 0.600. The van der Waals surface area contributed by atoms with E-state index in [0.29, 0.717) is 13.2 Å². The fraction of sp³-hybridized carbons (Fsp3) is 0.385. The third kappa shape index (κ3) is 4.17. The Bertz CT molecular complexity index is 320. The molecule has 0 saturated heterocycles. The molecule has 0 aliphatic heterocycles. The lowest BCUT2D eigenvalue weighted by Crippen LogP contribution is -2.03. The zero-order valence-electron chi connectivity index (χ0n) is 9.33. The summed E-state index contributed by atoms with van der Waals surface area (Å²) in [7, 11) is 0. The average Bonchev–Trinajstić information content (AvgIpc) is 2.27. The molecule has 15 heavy (non-hydrogen) atoms. The lowest BCUT2D eigenvalue weighted by molar-refractivity contribution is 0.349. The summed E-state index contributed by atoms with van der Waals surface area (Å²) in [5.41, 5.74) is 7.83. The number of hydrogen-bond donors (Lipinski definition) is 1. The molecule has 0 radical (unpaired) electrons. The van der Waals surface area contributed by atoms with Gasteiger partial charge in [-0.05, 0) is 42.7 Å². The lowest BCUT2D eigenvalue weighted by atomic mass is 10.1. The van der Waals surface area contributed by atoms with Crippen LogP contribution >= 0.6 is 0 Å². The molecule has 2 heteroatoms. The van der Waals surface area contributed by atoms with Crippen molar-refractivity contribution >= 4 is 0 Å². The quantitative estimate of drug-likeness (QED) is 0.724. The molecule has 0 heterocycles. The highest BCUT2D eigenvalue weighted by Gasteiger charge is 1.97. The van der Waals surface area contributed by atoms with Crippen molar-refractivity contribution in [2.75, 3.05) is 13.2 Å². The van der Waals surface area contributed by atoms with E-state index >= 15 is 0 Å². The molecule has 1 aromatic rings. The van der Waals surface area contributed by atoms with Crippen LogP contribution in [0, 0.1) is 0 Å². The maximum absolute atomic E-state index is 5.61. The van der Waals surface area contributed by atoms with Gasteiger partial charge in [0.15, 0.2) is 0 Å². The van der Waals surface area contributed by atoms with Crippen LogP contribution in [-0.4, -0.2) is 13.2 Å². The predicted octanol–water partition coefficient (Wildman–Crippen LogP) is 2.53. The first-order valence-electron chi connectivity index (χ1n) is 5.34. The van der Waals surface area contributed by atoms with Gasteiger partial charge >= 0.3 is 0 Å². The van der Waals surface area contributed by atoms with Crippen molar-refractivity contribution in [1.82, 2.24) is 0 Å². The Morgan fingerprint density at radius 1 is 1.47 bits per heavy atom. The van der Waals surface area contributed by atoms with Crippen LogP contribution in [0.3, 0.4) is 0 Å². The zero-order valence-corrected chi connectivity index (χ0v) is 9.33. The van der Waals surface area contributed by atoms with Crippen molar-refractivity contribution in [3.63, 3.8) is 0 Å². The molecule has 0 aromatic heterocycles. The maximum atomic E-state index is 5.61. The summed E-state index contributed by atoms with van der Waals surface area (Å²) in [6.45, 7) is 7.25. The molecule has 1 aromatic carbocycles. The third-order valence-electron chi connectivity index (χ3n) is 2.27. The molecule has 2 N–H and O–H groups in total.